The lowest BCUT2D eigenvalue weighted by Crippen LogP contribution is -2.51. The molecule has 0 N–H and O–H groups in total. The van der Waals surface area contributed by atoms with E-state index in [4.69, 9.17) is 0 Å². The number of anilines is 1. The predicted molar refractivity (Wildman–Crippen MR) is 98.1 cm³/mol. The molecule has 4 heteroatoms. The molecule has 0 aromatic heterocycles. The summed E-state index contributed by atoms with van der Waals surface area (Å²) in [6, 6.07) is 20.4. The van der Waals surface area contributed by atoms with Crippen LogP contribution in [0.25, 0.3) is 0 Å². The number of piperazine rings is 1. The van der Waals surface area contributed by atoms with E-state index in [9.17, 15) is 4.79 Å². The lowest BCUT2D eigenvalue weighted by Gasteiger charge is -2.40. The van der Waals surface area contributed by atoms with Gasteiger partial charge in [0.15, 0.2) is 0 Å². The molecule has 1 saturated heterocycles. The van der Waals surface area contributed by atoms with Gasteiger partial charge in [-0.1, -0.05) is 48.5 Å². The van der Waals surface area contributed by atoms with E-state index in [1.54, 1.807) is 4.90 Å². The smallest absolute Gasteiger partial charge is 0.244 e. The Bertz CT molecular complexity index is 649. The van der Waals surface area contributed by atoms with E-state index in [1.165, 1.54) is 5.69 Å². The predicted octanol–water partition coefficient (Wildman–Crippen LogP) is 2.64. The van der Waals surface area contributed by atoms with Crippen molar-refractivity contribution in [2.45, 2.75) is 6.04 Å². The second-order valence-corrected chi connectivity index (χ2v) is 6.40. The van der Waals surface area contributed by atoms with Crippen LogP contribution >= 0.6 is 0 Å². The molecule has 0 bridgehead atoms. The number of hydrogen-bond donors (Lipinski definition) is 0. The van der Waals surface area contributed by atoms with Crippen LogP contribution < -0.4 is 4.90 Å². The van der Waals surface area contributed by atoms with Gasteiger partial charge in [0.1, 0.15) is 6.04 Å². The molecule has 1 aliphatic heterocycles. The molecule has 1 amide bonds. The zero-order valence-corrected chi connectivity index (χ0v) is 14.4. The summed E-state index contributed by atoms with van der Waals surface area (Å²) < 4.78 is 0. The monoisotopic (exact) mass is 323 g/mol. The number of nitrogens with zero attached hydrogens (tertiary/aromatic N) is 3. The van der Waals surface area contributed by atoms with Gasteiger partial charge in [0.05, 0.1) is 0 Å². The highest BCUT2D eigenvalue weighted by Gasteiger charge is 2.31. The van der Waals surface area contributed by atoms with Crippen molar-refractivity contribution in [1.82, 2.24) is 9.80 Å². The third kappa shape index (κ3) is 3.60. The molecule has 1 fully saturated rings. The summed E-state index contributed by atoms with van der Waals surface area (Å²) in [6.07, 6.45) is 0. The maximum absolute atomic E-state index is 12.8. The molecule has 1 heterocycles. The number of amides is 1. The van der Waals surface area contributed by atoms with Gasteiger partial charge >= 0.3 is 0 Å². The van der Waals surface area contributed by atoms with Crippen molar-refractivity contribution in [3.8, 4) is 0 Å². The van der Waals surface area contributed by atoms with Crippen LogP contribution in [0.2, 0.25) is 0 Å². The normalized spacial score (nSPS) is 16.7. The molecular formula is C20H25N3O. The van der Waals surface area contributed by atoms with Gasteiger partial charge in [0.25, 0.3) is 0 Å². The number of carbonyl (C=O) groups is 1. The Morgan fingerprint density at radius 2 is 1.42 bits per heavy atom. The molecule has 0 unspecified atom stereocenters. The molecule has 0 saturated carbocycles. The number of hydrogen-bond acceptors (Lipinski definition) is 3. The Kier molecular flexibility index (Phi) is 5.16. The van der Waals surface area contributed by atoms with E-state index in [-0.39, 0.29) is 11.9 Å². The summed E-state index contributed by atoms with van der Waals surface area (Å²) in [5, 5.41) is 0. The van der Waals surface area contributed by atoms with Gasteiger partial charge in [0.2, 0.25) is 5.91 Å². The van der Waals surface area contributed by atoms with E-state index in [0.29, 0.717) is 0 Å². The third-order valence-electron chi connectivity index (χ3n) is 4.59. The van der Waals surface area contributed by atoms with Gasteiger partial charge in [-0.2, -0.15) is 0 Å². The first-order valence-corrected chi connectivity index (χ1v) is 8.47. The Labute approximate surface area is 144 Å². The van der Waals surface area contributed by atoms with Crippen LogP contribution in [0.5, 0.6) is 0 Å². The van der Waals surface area contributed by atoms with Crippen molar-refractivity contribution >= 4 is 11.6 Å². The van der Waals surface area contributed by atoms with Crippen LogP contribution in [0.15, 0.2) is 60.7 Å². The van der Waals surface area contributed by atoms with Crippen LogP contribution in [-0.4, -0.2) is 56.0 Å². The Hall–Kier alpha value is -2.33. The third-order valence-corrected chi connectivity index (χ3v) is 4.59. The van der Waals surface area contributed by atoms with Crippen LogP contribution in [-0.2, 0) is 4.79 Å². The van der Waals surface area contributed by atoms with Gasteiger partial charge in [-0.15, -0.1) is 0 Å². The average Bonchev–Trinajstić information content (AvgIpc) is 2.64. The average molecular weight is 323 g/mol. The molecule has 24 heavy (non-hydrogen) atoms. The summed E-state index contributed by atoms with van der Waals surface area (Å²) in [5.74, 6) is 0.148. The van der Waals surface area contributed by atoms with Crippen LogP contribution in [0.1, 0.15) is 11.6 Å². The maximum Gasteiger partial charge on any atom is 0.244 e. The molecule has 2 aromatic carbocycles. The number of benzene rings is 2. The van der Waals surface area contributed by atoms with E-state index in [0.717, 1.165) is 31.7 Å². The quantitative estimate of drug-likeness (QED) is 0.865. The van der Waals surface area contributed by atoms with Gasteiger partial charge in [-0.25, -0.2) is 0 Å². The van der Waals surface area contributed by atoms with Crippen molar-refractivity contribution < 1.29 is 4.79 Å². The number of carbonyl (C=O) groups excluding carboxylic acids is 1. The topological polar surface area (TPSA) is 26.8 Å². The fourth-order valence-electron chi connectivity index (χ4n) is 3.27. The van der Waals surface area contributed by atoms with Crippen molar-refractivity contribution in [2.75, 3.05) is 45.2 Å². The largest absolute Gasteiger partial charge is 0.369 e. The van der Waals surface area contributed by atoms with E-state index in [2.05, 4.69) is 46.2 Å². The molecule has 0 aliphatic carbocycles. The molecule has 2 aromatic rings. The Balaban J connectivity index is 1.75. The molecule has 0 spiro atoms. The summed E-state index contributed by atoms with van der Waals surface area (Å²) in [7, 11) is 3.66. The summed E-state index contributed by atoms with van der Waals surface area (Å²) in [6.45, 7) is 3.64. The second-order valence-electron chi connectivity index (χ2n) is 6.40. The van der Waals surface area contributed by atoms with Crippen molar-refractivity contribution in [3.05, 3.63) is 66.2 Å². The molecule has 3 rings (SSSR count). The molecular weight excluding hydrogens is 298 g/mol. The number of likely N-dealkylation sites (N-methyl/N-ethyl adjacent to an activating group) is 1. The second kappa shape index (κ2) is 7.49. The highest BCUT2D eigenvalue weighted by atomic mass is 16.2. The van der Waals surface area contributed by atoms with Crippen molar-refractivity contribution in [1.29, 1.82) is 0 Å². The highest BCUT2D eigenvalue weighted by molar-refractivity contribution is 5.83. The lowest BCUT2D eigenvalue weighted by atomic mass is 10.0. The fraction of sp³-hybridized carbons (Fsp3) is 0.350. The minimum absolute atomic E-state index is 0.148. The van der Waals surface area contributed by atoms with Gasteiger partial charge in [0, 0.05) is 46.0 Å². The zero-order valence-electron chi connectivity index (χ0n) is 14.4. The maximum atomic E-state index is 12.8. The van der Waals surface area contributed by atoms with Gasteiger partial charge in [-0.05, 0) is 17.7 Å². The molecule has 4 nitrogen and oxygen atoms in total. The first kappa shape index (κ1) is 16.5. The molecule has 126 valence electrons. The van der Waals surface area contributed by atoms with Crippen LogP contribution in [0.4, 0.5) is 5.69 Å². The molecule has 1 aliphatic rings. The minimum Gasteiger partial charge on any atom is -0.369 e. The first-order chi connectivity index (χ1) is 11.7. The van der Waals surface area contributed by atoms with E-state index >= 15 is 0 Å². The van der Waals surface area contributed by atoms with Gasteiger partial charge < -0.3 is 9.80 Å². The zero-order chi connectivity index (χ0) is 16.9. The van der Waals surface area contributed by atoms with Crippen LogP contribution in [0.3, 0.4) is 0 Å². The molecule has 0 radical (unpaired) electrons. The summed E-state index contributed by atoms with van der Waals surface area (Å²) in [5.41, 5.74) is 2.33. The van der Waals surface area contributed by atoms with E-state index in [1.807, 2.05) is 38.4 Å². The summed E-state index contributed by atoms with van der Waals surface area (Å²) >= 11 is 0. The SMILES string of the molecule is CN(C)C(=O)[C@H](c1ccccc1)N1CCN(c2ccccc2)CC1. The number of rotatable bonds is 4. The Morgan fingerprint density at radius 1 is 0.875 bits per heavy atom. The summed E-state index contributed by atoms with van der Waals surface area (Å²) in [4.78, 5) is 19.2. The number of para-hydroxylation sites is 1. The first-order valence-electron chi connectivity index (χ1n) is 8.47. The standard InChI is InChI=1S/C20H25N3O/c1-21(2)20(24)19(17-9-5-3-6-10-17)23-15-13-22(14-16-23)18-11-7-4-8-12-18/h3-12,19H,13-16H2,1-2H3/t19-/m0/s1. The fourth-order valence-corrected chi connectivity index (χ4v) is 3.27. The van der Waals surface area contributed by atoms with Crippen LogP contribution in [0, 0.1) is 0 Å². The van der Waals surface area contributed by atoms with Crippen molar-refractivity contribution in [2.24, 2.45) is 0 Å². The Morgan fingerprint density at radius 3 is 1.96 bits per heavy atom. The van der Waals surface area contributed by atoms with E-state index < -0.39 is 0 Å². The highest BCUT2D eigenvalue weighted by Crippen LogP contribution is 2.25. The molecule has 1 atom stereocenters. The van der Waals surface area contributed by atoms with Crippen molar-refractivity contribution in [3.63, 3.8) is 0 Å². The minimum atomic E-state index is -0.195. The van der Waals surface area contributed by atoms with Gasteiger partial charge in [-0.3, -0.25) is 9.69 Å². The lowest BCUT2D eigenvalue weighted by molar-refractivity contribution is -0.134.